The van der Waals surface area contributed by atoms with E-state index in [9.17, 15) is 0 Å². The molecule has 1 aliphatic carbocycles. The van der Waals surface area contributed by atoms with Gasteiger partial charge in [-0.25, -0.2) is 0 Å². The van der Waals surface area contributed by atoms with Crippen LogP contribution in [0, 0.1) is 5.41 Å². The Hall–Kier alpha value is -1.13. The number of hydrogen-bond acceptors (Lipinski definition) is 4. The van der Waals surface area contributed by atoms with E-state index >= 15 is 0 Å². The van der Waals surface area contributed by atoms with Crippen LogP contribution in [0.3, 0.4) is 0 Å². The molecule has 0 radical (unpaired) electrons. The standard InChI is InChI=1S/C15H21N3O/c1-10-14-12(2-4-17-10)18-5-3-13(14)19-11-6-15(7-11)8-16-9-15/h3,5,10-11,16-17H,2,4,6-9H2,1H3. The van der Waals surface area contributed by atoms with Crippen molar-refractivity contribution in [3.63, 3.8) is 0 Å². The molecule has 0 aromatic carbocycles. The zero-order valence-corrected chi connectivity index (χ0v) is 11.4. The fourth-order valence-corrected chi connectivity index (χ4v) is 3.71. The highest BCUT2D eigenvalue weighted by Gasteiger charge is 2.49. The quantitative estimate of drug-likeness (QED) is 0.843. The van der Waals surface area contributed by atoms with Gasteiger partial charge < -0.3 is 15.4 Å². The molecule has 3 aliphatic rings. The second-order valence-electron chi connectivity index (χ2n) is 6.35. The van der Waals surface area contributed by atoms with Crippen LogP contribution in [0.25, 0.3) is 0 Å². The summed E-state index contributed by atoms with van der Waals surface area (Å²) in [5.41, 5.74) is 3.06. The summed E-state index contributed by atoms with van der Waals surface area (Å²) < 4.78 is 6.24. The number of ether oxygens (including phenoxy) is 1. The van der Waals surface area contributed by atoms with Gasteiger partial charge in [-0.15, -0.1) is 0 Å². The Morgan fingerprint density at radius 1 is 1.37 bits per heavy atom. The molecule has 1 saturated carbocycles. The SMILES string of the molecule is CC1NCCc2nccc(OC3CC4(CNC4)C3)c21. The van der Waals surface area contributed by atoms with Gasteiger partial charge in [-0.1, -0.05) is 0 Å². The molecule has 1 saturated heterocycles. The number of rotatable bonds is 2. The lowest BCUT2D eigenvalue weighted by atomic mass is 9.63. The molecule has 2 N–H and O–H groups in total. The molecule has 0 amide bonds. The van der Waals surface area contributed by atoms with Gasteiger partial charge in [0.1, 0.15) is 5.75 Å². The van der Waals surface area contributed by atoms with Crippen LogP contribution in [-0.4, -0.2) is 30.7 Å². The van der Waals surface area contributed by atoms with Crippen LogP contribution in [0.2, 0.25) is 0 Å². The second kappa shape index (κ2) is 4.18. The number of nitrogens with zero attached hydrogens (tertiary/aromatic N) is 1. The van der Waals surface area contributed by atoms with Crippen molar-refractivity contribution in [1.82, 2.24) is 15.6 Å². The van der Waals surface area contributed by atoms with E-state index in [0.29, 0.717) is 17.6 Å². The van der Waals surface area contributed by atoms with Crippen molar-refractivity contribution in [2.45, 2.75) is 38.3 Å². The fraction of sp³-hybridized carbons (Fsp3) is 0.667. The molecule has 0 bridgehead atoms. The molecule has 4 nitrogen and oxygen atoms in total. The lowest BCUT2D eigenvalue weighted by molar-refractivity contribution is -0.0501. The predicted octanol–water partition coefficient (Wildman–Crippen LogP) is 1.42. The molecule has 2 fully saturated rings. The molecule has 1 aromatic heterocycles. The van der Waals surface area contributed by atoms with E-state index in [1.165, 1.54) is 37.2 Å². The molecule has 4 heteroatoms. The molecular formula is C15H21N3O. The zero-order valence-electron chi connectivity index (χ0n) is 11.4. The summed E-state index contributed by atoms with van der Waals surface area (Å²) in [5, 5.41) is 6.87. The molecule has 1 atom stereocenters. The molecule has 102 valence electrons. The first-order chi connectivity index (χ1) is 9.26. The highest BCUT2D eigenvalue weighted by Crippen LogP contribution is 2.46. The molecular weight excluding hydrogens is 238 g/mol. The number of aromatic nitrogens is 1. The number of fused-ring (bicyclic) bond motifs is 1. The van der Waals surface area contributed by atoms with Gasteiger partial charge in [0.25, 0.3) is 0 Å². The lowest BCUT2D eigenvalue weighted by Gasteiger charge is -2.53. The third-order valence-electron chi connectivity index (χ3n) is 4.89. The van der Waals surface area contributed by atoms with Crippen molar-refractivity contribution < 1.29 is 4.74 Å². The summed E-state index contributed by atoms with van der Waals surface area (Å²) in [6, 6.07) is 2.39. The monoisotopic (exact) mass is 259 g/mol. The Bertz CT molecular complexity index is 490. The smallest absolute Gasteiger partial charge is 0.127 e. The first kappa shape index (κ1) is 11.7. The summed E-state index contributed by atoms with van der Waals surface area (Å²) in [6.45, 7) is 5.58. The van der Waals surface area contributed by atoms with Crippen LogP contribution in [0.15, 0.2) is 12.3 Å². The highest BCUT2D eigenvalue weighted by molar-refractivity contribution is 5.40. The molecule has 1 aromatic rings. The minimum atomic E-state index is 0.354. The van der Waals surface area contributed by atoms with E-state index in [-0.39, 0.29) is 0 Å². The number of hydrogen-bond donors (Lipinski definition) is 2. The van der Waals surface area contributed by atoms with Crippen LogP contribution < -0.4 is 15.4 Å². The average Bonchev–Trinajstić information content (AvgIpc) is 2.31. The van der Waals surface area contributed by atoms with Crippen LogP contribution >= 0.6 is 0 Å². The van der Waals surface area contributed by atoms with Gasteiger partial charge in [-0.2, -0.15) is 0 Å². The topological polar surface area (TPSA) is 46.2 Å². The van der Waals surface area contributed by atoms with E-state index in [0.717, 1.165) is 18.7 Å². The summed E-state index contributed by atoms with van der Waals surface area (Å²) in [6.07, 6.45) is 5.72. The summed E-state index contributed by atoms with van der Waals surface area (Å²) >= 11 is 0. The van der Waals surface area contributed by atoms with Gasteiger partial charge in [0.2, 0.25) is 0 Å². The largest absolute Gasteiger partial charge is 0.490 e. The molecule has 2 aliphatic heterocycles. The van der Waals surface area contributed by atoms with Crippen LogP contribution in [0.5, 0.6) is 5.75 Å². The lowest BCUT2D eigenvalue weighted by Crippen LogP contribution is -2.62. The minimum Gasteiger partial charge on any atom is -0.490 e. The number of nitrogens with one attached hydrogen (secondary N) is 2. The zero-order chi connectivity index (χ0) is 12.9. The Morgan fingerprint density at radius 3 is 2.95 bits per heavy atom. The normalized spacial score (nSPS) is 28.4. The summed E-state index contributed by atoms with van der Waals surface area (Å²) in [5.74, 6) is 1.05. The Balaban J connectivity index is 1.52. The molecule has 3 heterocycles. The first-order valence-electron chi connectivity index (χ1n) is 7.34. The summed E-state index contributed by atoms with van der Waals surface area (Å²) in [7, 11) is 0. The Labute approximate surface area is 113 Å². The third kappa shape index (κ3) is 1.85. The molecule has 1 unspecified atom stereocenters. The highest BCUT2D eigenvalue weighted by atomic mass is 16.5. The van der Waals surface area contributed by atoms with E-state index in [1.807, 2.05) is 12.3 Å². The molecule has 19 heavy (non-hydrogen) atoms. The minimum absolute atomic E-state index is 0.354. The van der Waals surface area contributed by atoms with Gasteiger partial charge in [0, 0.05) is 49.3 Å². The fourth-order valence-electron chi connectivity index (χ4n) is 3.71. The van der Waals surface area contributed by atoms with Crippen molar-refractivity contribution >= 4 is 0 Å². The van der Waals surface area contributed by atoms with Crippen molar-refractivity contribution in [2.75, 3.05) is 19.6 Å². The summed E-state index contributed by atoms with van der Waals surface area (Å²) in [4.78, 5) is 4.51. The average molecular weight is 259 g/mol. The van der Waals surface area contributed by atoms with E-state index in [2.05, 4.69) is 22.5 Å². The maximum atomic E-state index is 6.24. The number of pyridine rings is 1. The van der Waals surface area contributed by atoms with Crippen LogP contribution in [-0.2, 0) is 6.42 Å². The van der Waals surface area contributed by atoms with E-state index in [1.54, 1.807) is 0 Å². The van der Waals surface area contributed by atoms with Crippen molar-refractivity contribution in [3.8, 4) is 5.75 Å². The Morgan fingerprint density at radius 2 is 2.21 bits per heavy atom. The van der Waals surface area contributed by atoms with Gasteiger partial charge >= 0.3 is 0 Å². The predicted molar refractivity (Wildman–Crippen MR) is 73.3 cm³/mol. The van der Waals surface area contributed by atoms with E-state index in [4.69, 9.17) is 4.74 Å². The maximum absolute atomic E-state index is 6.24. The first-order valence-corrected chi connectivity index (χ1v) is 7.34. The Kier molecular flexibility index (Phi) is 2.57. The molecule has 4 rings (SSSR count). The van der Waals surface area contributed by atoms with Gasteiger partial charge in [0.15, 0.2) is 0 Å². The second-order valence-corrected chi connectivity index (χ2v) is 6.35. The van der Waals surface area contributed by atoms with Crippen molar-refractivity contribution in [3.05, 3.63) is 23.5 Å². The van der Waals surface area contributed by atoms with Gasteiger partial charge in [0.05, 0.1) is 11.8 Å². The van der Waals surface area contributed by atoms with Crippen molar-refractivity contribution in [1.29, 1.82) is 0 Å². The van der Waals surface area contributed by atoms with Crippen LogP contribution in [0.1, 0.15) is 37.1 Å². The molecule has 1 spiro atoms. The third-order valence-corrected chi connectivity index (χ3v) is 4.89. The van der Waals surface area contributed by atoms with Gasteiger partial charge in [-0.3, -0.25) is 4.98 Å². The van der Waals surface area contributed by atoms with E-state index < -0.39 is 0 Å². The van der Waals surface area contributed by atoms with Crippen LogP contribution in [0.4, 0.5) is 0 Å². The maximum Gasteiger partial charge on any atom is 0.127 e. The van der Waals surface area contributed by atoms with Crippen molar-refractivity contribution in [2.24, 2.45) is 5.41 Å². The van der Waals surface area contributed by atoms with Gasteiger partial charge in [-0.05, 0) is 25.8 Å².